The van der Waals surface area contributed by atoms with E-state index in [1.54, 1.807) is 18.4 Å². The summed E-state index contributed by atoms with van der Waals surface area (Å²) in [5, 5.41) is 16.9. The second kappa shape index (κ2) is 10.0. The van der Waals surface area contributed by atoms with Crippen molar-refractivity contribution in [3.63, 3.8) is 0 Å². The van der Waals surface area contributed by atoms with Crippen LogP contribution in [0.5, 0.6) is 0 Å². The average molecular weight is 332 g/mol. The maximum atomic E-state index is 10.5. The Balaban J connectivity index is 0.00000200. The van der Waals surface area contributed by atoms with E-state index in [-0.39, 0.29) is 30.5 Å². The molecule has 0 atom stereocenters. The first-order chi connectivity index (χ1) is 9.25. The van der Waals surface area contributed by atoms with Crippen LogP contribution in [0, 0.1) is 10.1 Å². The molecule has 0 fully saturated rings. The van der Waals surface area contributed by atoms with Crippen LogP contribution in [0.1, 0.15) is 5.76 Å². The molecule has 0 aliphatic heterocycles. The smallest absolute Gasteiger partial charge is 0.269 e. The summed E-state index contributed by atoms with van der Waals surface area (Å²) in [5.41, 5.74) is 0.965. The van der Waals surface area contributed by atoms with Gasteiger partial charge in [0.2, 0.25) is 0 Å². The predicted octanol–water partition coefficient (Wildman–Crippen LogP) is -3.60. The molecule has 2 rings (SSSR count). The van der Waals surface area contributed by atoms with Crippen LogP contribution >= 0.6 is 0 Å². The topological polar surface area (TPSA) is 80.3 Å². The summed E-state index contributed by atoms with van der Waals surface area (Å²) in [7, 11) is 0. The van der Waals surface area contributed by atoms with E-state index >= 15 is 0 Å². The molecule has 2 aromatic rings. The molecule has 0 saturated carbocycles. The minimum atomic E-state index is -0.408. The monoisotopic (exact) mass is 331 g/mol. The first-order valence-electron chi connectivity index (χ1n) is 5.97. The van der Waals surface area contributed by atoms with E-state index in [1.807, 2.05) is 12.1 Å². The Labute approximate surface area is 134 Å². The lowest BCUT2D eigenvalue weighted by molar-refractivity contribution is -0.384. The van der Waals surface area contributed by atoms with Crippen LogP contribution in [-0.4, -0.2) is 18.0 Å². The van der Waals surface area contributed by atoms with Gasteiger partial charge in [0.05, 0.1) is 17.7 Å². The van der Waals surface area contributed by atoms with E-state index in [0.29, 0.717) is 6.54 Å². The Hall–Kier alpha value is -1.76. The molecule has 21 heavy (non-hydrogen) atoms. The normalized spacial score (nSPS) is 9.33. The van der Waals surface area contributed by atoms with Crippen molar-refractivity contribution in [2.24, 2.45) is 0 Å². The Morgan fingerprint density at radius 3 is 2.38 bits per heavy atom. The third-order valence-electron chi connectivity index (χ3n) is 2.59. The summed E-state index contributed by atoms with van der Waals surface area (Å²) in [4.78, 5) is 10.1. The zero-order valence-corrected chi connectivity index (χ0v) is 12.6. The fourth-order valence-corrected chi connectivity index (χ4v) is 1.62. The van der Waals surface area contributed by atoms with Gasteiger partial charge in [-0.25, -0.2) is 0 Å². The predicted molar refractivity (Wildman–Crippen MR) is 72.0 cm³/mol. The molecular weight excluding hydrogens is 317 g/mol. The molecule has 1 aromatic heterocycles. The maximum absolute atomic E-state index is 10.5. The van der Waals surface area contributed by atoms with Crippen LogP contribution in [0.25, 0.3) is 0 Å². The molecule has 8 heteroatoms. The largest absolute Gasteiger partial charge is 1.00 e. The highest BCUT2D eigenvalue weighted by Crippen LogP contribution is 2.14. The van der Waals surface area contributed by atoms with Gasteiger partial charge in [-0.15, -0.1) is 0 Å². The van der Waals surface area contributed by atoms with E-state index in [9.17, 15) is 10.1 Å². The van der Waals surface area contributed by atoms with E-state index in [4.69, 9.17) is 4.42 Å². The number of hydrogen-bond donors (Lipinski definition) is 2. The number of nitrogens with zero attached hydrogens (tertiary/aromatic N) is 1. The van der Waals surface area contributed by atoms with E-state index in [1.165, 1.54) is 12.1 Å². The molecule has 0 bridgehead atoms. The number of nitro benzene ring substituents is 1. The number of hydrogen-bond acceptors (Lipinski definition) is 5. The molecular formula is C13H15Cl2N3O3-2. The summed E-state index contributed by atoms with van der Waals surface area (Å²) < 4.78 is 5.19. The molecule has 0 aliphatic rings. The second-order valence-corrected chi connectivity index (χ2v) is 3.99. The molecule has 0 amide bonds. The number of nitro groups is 1. The van der Waals surface area contributed by atoms with Gasteiger partial charge in [0, 0.05) is 30.9 Å². The van der Waals surface area contributed by atoms with Gasteiger partial charge in [-0.3, -0.25) is 10.1 Å². The van der Waals surface area contributed by atoms with Gasteiger partial charge in [0.25, 0.3) is 5.69 Å². The second-order valence-electron chi connectivity index (χ2n) is 3.99. The zero-order valence-electron chi connectivity index (χ0n) is 11.1. The molecule has 1 aromatic carbocycles. The molecule has 0 saturated heterocycles. The lowest BCUT2D eigenvalue weighted by Gasteiger charge is -2.06. The number of anilines is 1. The highest BCUT2D eigenvalue weighted by Gasteiger charge is 2.03. The molecule has 0 radical (unpaired) electrons. The minimum Gasteiger partial charge on any atom is -1.00 e. The maximum Gasteiger partial charge on any atom is 0.269 e. The third-order valence-corrected chi connectivity index (χ3v) is 2.59. The molecule has 116 valence electrons. The van der Waals surface area contributed by atoms with Gasteiger partial charge in [0.1, 0.15) is 5.76 Å². The van der Waals surface area contributed by atoms with Crippen molar-refractivity contribution in [1.29, 1.82) is 0 Å². The Morgan fingerprint density at radius 1 is 1.10 bits per heavy atom. The highest BCUT2D eigenvalue weighted by molar-refractivity contribution is 5.48. The first kappa shape index (κ1) is 19.2. The van der Waals surface area contributed by atoms with Crippen molar-refractivity contribution in [1.82, 2.24) is 5.32 Å². The SMILES string of the molecule is O=[N+]([O-])c1ccc(NCCNCc2ccco2)cc1.[Cl-].[Cl-]. The number of benzene rings is 1. The number of rotatable bonds is 7. The third kappa shape index (κ3) is 6.48. The fourth-order valence-electron chi connectivity index (χ4n) is 1.62. The standard InChI is InChI=1S/C13H15N3O3.2ClH/c17-16(18)12-5-3-11(4-6-12)15-8-7-14-10-13-2-1-9-19-13;;/h1-6,9,14-15H,7-8,10H2;2*1H/p-2. The van der Waals surface area contributed by atoms with Crippen LogP contribution in [0.4, 0.5) is 11.4 Å². The lowest BCUT2D eigenvalue weighted by Crippen LogP contribution is -3.00. The van der Waals surface area contributed by atoms with Gasteiger partial charge in [-0.1, -0.05) is 0 Å². The number of furan rings is 1. The fraction of sp³-hybridized carbons (Fsp3) is 0.231. The first-order valence-corrected chi connectivity index (χ1v) is 5.97. The van der Waals surface area contributed by atoms with Gasteiger partial charge < -0.3 is 39.9 Å². The van der Waals surface area contributed by atoms with Crippen molar-refractivity contribution in [3.8, 4) is 0 Å². The Bertz CT molecular complexity index is 518. The number of non-ortho nitro benzene ring substituents is 1. The molecule has 6 nitrogen and oxygen atoms in total. The van der Waals surface area contributed by atoms with Crippen LogP contribution in [0.2, 0.25) is 0 Å². The Morgan fingerprint density at radius 2 is 1.81 bits per heavy atom. The molecule has 0 unspecified atom stereocenters. The summed E-state index contributed by atoms with van der Waals surface area (Å²) in [6, 6.07) is 10.1. The van der Waals surface area contributed by atoms with E-state index < -0.39 is 4.92 Å². The number of halogens is 2. The quantitative estimate of drug-likeness (QED) is 0.311. The van der Waals surface area contributed by atoms with Crippen molar-refractivity contribution in [2.75, 3.05) is 18.4 Å². The summed E-state index contributed by atoms with van der Waals surface area (Å²) >= 11 is 0. The van der Waals surface area contributed by atoms with Crippen LogP contribution in [0.15, 0.2) is 47.1 Å². The van der Waals surface area contributed by atoms with Crippen LogP contribution in [-0.2, 0) is 6.54 Å². The zero-order chi connectivity index (χ0) is 13.5. The van der Waals surface area contributed by atoms with Crippen molar-refractivity contribution >= 4 is 11.4 Å². The molecule has 0 spiro atoms. The van der Waals surface area contributed by atoms with Crippen molar-refractivity contribution in [2.45, 2.75) is 6.54 Å². The summed E-state index contributed by atoms with van der Waals surface area (Å²) in [5.74, 6) is 0.898. The summed E-state index contributed by atoms with van der Waals surface area (Å²) in [6.07, 6.45) is 1.64. The van der Waals surface area contributed by atoms with Crippen molar-refractivity contribution in [3.05, 3.63) is 58.5 Å². The van der Waals surface area contributed by atoms with Gasteiger partial charge in [0.15, 0.2) is 0 Å². The Kier molecular flexibility index (Phi) is 9.20. The van der Waals surface area contributed by atoms with Crippen LogP contribution < -0.4 is 35.4 Å². The van der Waals surface area contributed by atoms with Gasteiger partial charge >= 0.3 is 0 Å². The average Bonchev–Trinajstić information content (AvgIpc) is 2.92. The minimum absolute atomic E-state index is 0. The van der Waals surface area contributed by atoms with E-state index in [0.717, 1.165) is 24.5 Å². The van der Waals surface area contributed by atoms with Crippen LogP contribution in [0.3, 0.4) is 0 Å². The van der Waals surface area contributed by atoms with Gasteiger partial charge in [-0.2, -0.15) is 0 Å². The number of nitrogens with one attached hydrogen (secondary N) is 2. The molecule has 2 N–H and O–H groups in total. The highest BCUT2D eigenvalue weighted by atomic mass is 35.5. The van der Waals surface area contributed by atoms with Gasteiger partial charge in [-0.05, 0) is 24.3 Å². The molecule has 0 aliphatic carbocycles. The van der Waals surface area contributed by atoms with E-state index in [2.05, 4.69) is 10.6 Å². The lowest BCUT2D eigenvalue weighted by atomic mass is 10.3. The van der Waals surface area contributed by atoms with Crippen molar-refractivity contribution < 1.29 is 34.2 Å². The summed E-state index contributed by atoms with van der Waals surface area (Å²) in [6.45, 7) is 2.20. The molecule has 1 heterocycles.